The maximum absolute atomic E-state index is 15.6. The van der Waals surface area contributed by atoms with Gasteiger partial charge in [-0.25, -0.2) is 13.2 Å². The normalized spacial score (nSPS) is 21.5. The lowest BCUT2D eigenvalue weighted by Crippen LogP contribution is -2.53. The van der Waals surface area contributed by atoms with Gasteiger partial charge in [0.25, 0.3) is 11.8 Å². The van der Waals surface area contributed by atoms with Crippen LogP contribution in [0.2, 0.25) is 0 Å². The summed E-state index contributed by atoms with van der Waals surface area (Å²) in [5.74, 6) is -5.81. The molecule has 4 amide bonds. The molecule has 2 aliphatic rings. The molecule has 2 aromatic rings. The Hall–Kier alpha value is -3.90. The van der Waals surface area contributed by atoms with Crippen molar-refractivity contribution in [1.29, 1.82) is 0 Å². The van der Waals surface area contributed by atoms with E-state index in [1.165, 1.54) is 27.9 Å². The second-order valence-corrected chi connectivity index (χ2v) is 12.6. The van der Waals surface area contributed by atoms with Crippen LogP contribution in [0.15, 0.2) is 30.5 Å². The van der Waals surface area contributed by atoms with Crippen molar-refractivity contribution in [2.75, 3.05) is 18.4 Å². The molecule has 0 spiro atoms. The number of rotatable bonds is 11. The summed E-state index contributed by atoms with van der Waals surface area (Å²) in [7, 11) is 0. The highest BCUT2D eigenvalue weighted by atomic mass is 19.3. The fraction of sp³-hybridized carbons (Fsp3) is 0.606. The van der Waals surface area contributed by atoms with Crippen LogP contribution in [-0.4, -0.2) is 69.4 Å². The van der Waals surface area contributed by atoms with Gasteiger partial charge in [-0.2, -0.15) is 5.10 Å². The van der Waals surface area contributed by atoms with Crippen LogP contribution >= 0.6 is 0 Å². The minimum atomic E-state index is -2.84. The molecule has 1 aromatic carbocycles. The van der Waals surface area contributed by atoms with Crippen molar-refractivity contribution in [3.05, 3.63) is 47.5 Å². The van der Waals surface area contributed by atoms with E-state index in [2.05, 4.69) is 28.0 Å². The van der Waals surface area contributed by atoms with Crippen molar-refractivity contribution in [1.82, 2.24) is 25.3 Å². The maximum Gasteiger partial charge on any atom is 0.270 e. The molecule has 1 aliphatic carbocycles. The van der Waals surface area contributed by atoms with Gasteiger partial charge < -0.3 is 20.9 Å². The first kappa shape index (κ1) is 35.0. The first-order valence-electron chi connectivity index (χ1n) is 16.2. The molecule has 3 N–H and O–H groups in total. The number of nitrogens with zero attached hydrogens (tertiary/aromatic N) is 3. The van der Waals surface area contributed by atoms with E-state index < -0.39 is 66.2 Å². The average Bonchev–Trinajstić information content (AvgIpc) is 3.52. The van der Waals surface area contributed by atoms with Gasteiger partial charge in [-0.15, -0.1) is 0 Å². The fourth-order valence-electron chi connectivity index (χ4n) is 6.26. The van der Waals surface area contributed by atoms with E-state index in [-0.39, 0.29) is 31.1 Å². The average molecular weight is 647 g/mol. The highest BCUT2D eigenvalue weighted by molar-refractivity contribution is 6.00. The maximum atomic E-state index is 15.6. The molecule has 0 bridgehead atoms. The first-order chi connectivity index (χ1) is 21.8. The van der Waals surface area contributed by atoms with Gasteiger partial charge >= 0.3 is 0 Å². The minimum absolute atomic E-state index is 0.0956. The number of likely N-dealkylation sites (tertiary alicyclic amines) is 1. The molecule has 2 heterocycles. The highest BCUT2D eigenvalue weighted by Crippen LogP contribution is 2.33. The van der Waals surface area contributed by atoms with Crippen LogP contribution in [0, 0.1) is 17.7 Å². The Balaban J connectivity index is 1.52. The van der Waals surface area contributed by atoms with Crippen LogP contribution < -0.4 is 16.0 Å². The summed E-state index contributed by atoms with van der Waals surface area (Å²) in [6.45, 7) is 7.48. The number of nitrogens with one attached hydrogen (secondary N) is 3. The summed E-state index contributed by atoms with van der Waals surface area (Å²) < 4.78 is 44.6. The largest absolute Gasteiger partial charge is 0.344 e. The van der Waals surface area contributed by atoms with Crippen molar-refractivity contribution in [3.63, 3.8) is 0 Å². The van der Waals surface area contributed by atoms with Crippen LogP contribution in [-0.2, 0) is 20.9 Å². The predicted octanol–water partition coefficient (Wildman–Crippen LogP) is 4.86. The molecule has 46 heavy (non-hydrogen) atoms. The zero-order valence-corrected chi connectivity index (χ0v) is 27.0. The summed E-state index contributed by atoms with van der Waals surface area (Å²) in [4.78, 5) is 53.9. The summed E-state index contributed by atoms with van der Waals surface area (Å²) in [6.07, 6.45) is 3.98. The predicted molar refractivity (Wildman–Crippen MR) is 167 cm³/mol. The summed E-state index contributed by atoms with van der Waals surface area (Å²) in [5.41, 5.74) is 0.611. The SMILES string of the molecule is CCC(=O)N[C@@H](C(=O)N1CCC(F)(F)CC1)[C@@H](C)c1ccc(NC(=O)[C@@H](NC(=O)c2ccnn2CC)C2CCC(C)CC2)c(F)c1. The van der Waals surface area contributed by atoms with Gasteiger partial charge in [0.05, 0.1) is 5.69 Å². The zero-order valence-electron chi connectivity index (χ0n) is 27.0. The lowest BCUT2D eigenvalue weighted by Gasteiger charge is -2.36. The fourth-order valence-corrected chi connectivity index (χ4v) is 6.26. The lowest BCUT2D eigenvalue weighted by atomic mass is 9.79. The molecular formula is C33H45F3N6O4. The topological polar surface area (TPSA) is 125 Å². The van der Waals surface area contributed by atoms with Gasteiger partial charge in [-0.05, 0) is 55.4 Å². The Morgan fingerprint density at radius 1 is 1.02 bits per heavy atom. The monoisotopic (exact) mass is 646 g/mol. The van der Waals surface area contributed by atoms with Crippen molar-refractivity contribution in [2.45, 2.75) is 103 Å². The Labute approximate surface area is 267 Å². The second kappa shape index (κ2) is 15.1. The third kappa shape index (κ3) is 8.47. The van der Waals surface area contributed by atoms with Crippen molar-refractivity contribution in [2.24, 2.45) is 11.8 Å². The minimum Gasteiger partial charge on any atom is -0.344 e. The van der Waals surface area contributed by atoms with Gasteiger partial charge in [-0.3, -0.25) is 23.9 Å². The number of aromatic nitrogens is 2. The van der Waals surface area contributed by atoms with E-state index >= 15 is 4.39 Å². The molecule has 2 fully saturated rings. The van der Waals surface area contributed by atoms with Crippen molar-refractivity contribution >= 4 is 29.3 Å². The number of alkyl halides is 2. The molecule has 1 saturated carbocycles. The van der Waals surface area contributed by atoms with Gasteiger partial charge in [0.1, 0.15) is 23.6 Å². The van der Waals surface area contributed by atoms with Crippen molar-refractivity contribution in [3.8, 4) is 0 Å². The molecule has 252 valence electrons. The van der Waals surface area contributed by atoms with Crippen LogP contribution in [0.25, 0.3) is 0 Å². The van der Waals surface area contributed by atoms with Gasteiger partial charge in [0, 0.05) is 51.0 Å². The number of halogens is 3. The highest BCUT2D eigenvalue weighted by Gasteiger charge is 2.39. The van der Waals surface area contributed by atoms with Crippen molar-refractivity contribution < 1.29 is 32.3 Å². The smallest absolute Gasteiger partial charge is 0.270 e. The Kier molecular flexibility index (Phi) is 11.5. The molecule has 10 nitrogen and oxygen atoms in total. The lowest BCUT2D eigenvalue weighted by molar-refractivity contribution is -0.142. The molecule has 1 aromatic heterocycles. The second-order valence-electron chi connectivity index (χ2n) is 12.6. The molecule has 0 radical (unpaired) electrons. The number of hydrogen-bond acceptors (Lipinski definition) is 5. The summed E-state index contributed by atoms with van der Waals surface area (Å²) >= 11 is 0. The number of amides is 4. The molecular weight excluding hydrogens is 601 g/mol. The zero-order chi connectivity index (χ0) is 33.6. The standard InChI is InChI=1S/C33H45F3N6O4/c1-5-27(43)39-28(32(46)41-17-14-33(35,36)15-18-41)21(4)23-11-12-25(24(34)19-23)38-31(45)29(22-9-7-20(3)8-10-22)40-30(44)26-13-16-37-42(26)6-2/h11-13,16,19-22,28-29H,5-10,14-15,17-18H2,1-4H3,(H,38,45)(H,39,43)(H,40,44)/t20?,21-,22?,28+,29-/m0/s1. The third-order valence-corrected chi connectivity index (χ3v) is 9.34. The number of piperidine rings is 1. The van der Waals surface area contributed by atoms with E-state index in [0.29, 0.717) is 23.7 Å². The molecule has 1 aliphatic heterocycles. The van der Waals surface area contributed by atoms with E-state index in [0.717, 1.165) is 25.7 Å². The van der Waals surface area contributed by atoms with E-state index in [9.17, 15) is 28.0 Å². The Bertz CT molecular complexity index is 1400. The molecule has 1 saturated heterocycles. The van der Waals surface area contributed by atoms with Gasteiger partial charge in [0.15, 0.2) is 0 Å². The van der Waals surface area contributed by atoms with E-state index in [1.54, 1.807) is 26.0 Å². The van der Waals surface area contributed by atoms with E-state index in [1.807, 2.05) is 6.92 Å². The molecule has 4 rings (SSSR count). The van der Waals surface area contributed by atoms with Crippen LogP contribution in [0.1, 0.15) is 94.6 Å². The summed E-state index contributed by atoms with van der Waals surface area (Å²) in [5, 5.41) is 12.3. The van der Waals surface area contributed by atoms with E-state index in [4.69, 9.17) is 0 Å². The molecule has 3 atom stereocenters. The number of anilines is 1. The molecule has 0 unspecified atom stereocenters. The number of benzene rings is 1. The Morgan fingerprint density at radius 3 is 2.30 bits per heavy atom. The number of hydrogen-bond donors (Lipinski definition) is 3. The van der Waals surface area contributed by atoms with Gasteiger partial charge in [0.2, 0.25) is 17.7 Å². The third-order valence-electron chi connectivity index (χ3n) is 9.34. The Morgan fingerprint density at radius 2 is 1.70 bits per heavy atom. The number of aryl methyl sites for hydroxylation is 1. The van der Waals surface area contributed by atoms with Crippen LogP contribution in [0.5, 0.6) is 0 Å². The van der Waals surface area contributed by atoms with Gasteiger partial charge in [-0.1, -0.05) is 39.7 Å². The first-order valence-corrected chi connectivity index (χ1v) is 16.2. The van der Waals surface area contributed by atoms with Crippen LogP contribution in [0.4, 0.5) is 18.9 Å². The quantitative estimate of drug-likeness (QED) is 0.322. The number of carbonyl (C=O) groups excluding carboxylic acids is 4. The number of carbonyl (C=O) groups is 4. The summed E-state index contributed by atoms with van der Waals surface area (Å²) in [6, 6.07) is 3.72. The van der Waals surface area contributed by atoms with Crippen LogP contribution in [0.3, 0.4) is 0 Å². The molecule has 13 heteroatoms.